The number of nitrogens with zero attached hydrogens (tertiary/aromatic N) is 2. The first-order valence-electron chi connectivity index (χ1n) is 5.13. The molecule has 0 heterocycles. The summed E-state index contributed by atoms with van der Waals surface area (Å²) in [6, 6.07) is 7.24. The number of nitroso groups, excluding NO2 is 1. The first-order valence-corrected chi connectivity index (χ1v) is 5.13. The summed E-state index contributed by atoms with van der Waals surface area (Å²) in [7, 11) is 1.56. The summed E-state index contributed by atoms with van der Waals surface area (Å²) in [5.74, 6) is -1.09. The number of anilines is 1. The number of aliphatic carboxylic acids is 1. The maximum absolute atomic E-state index is 10.5. The Morgan fingerprint density at radius 2 is 2.12 bits per heavy atom. The van der Waals surface area contributed by atoms with Crippen molar-refractivity contribution < 1.29 is 9.90 Å². The Morgan fingerprint density at radius 3 is 2.71 bits per heavy atom. The number of hydrogen-bond acceptors (Lipinski definition) is 3. The van der Waals surface area contributed by atoms with Gasteiger partial charge in [-0.3, -0.25) is 0 Å². The summed E-state index contributed by atoms with van der Waals surface area (Å²) in [5.41, 5.74) is 1.53. The van der Waals surface area contributed by atoms with Gasteiger partial charge < -0.3 is 5.11 Å². The van der Waals surface area contributed by atoms with Gasteiger partial charge in [0.1, 0.15) is 0 Å². The average Bonchev–Trinajstić information content (AvgIpc) is 2.34. The zero-order valence-corrected chi connectivity index (χ0v) is 9.70. The number of benzene rings is 1. The monoisotopic (exact) mass is 234 g/mol. The molecule has 0 bridgehead atoms. The van der Waals surface area contributed by atoms with Gasteiger partial charge in [-0.15, -0.1) is 4.91 Å². The van der Waals surface area contributed by atoms with Crippen LogP contribution in [-0.2, 0) is 4.79 Å². The van der Waals surface area contributed by atoms with Gasteiger partial charge in [0.25, 0.3) is 0 Å². The zero-order chi connectivity index (χ0) is 12.8. The molecule has 1 rings (SSSR count). The highest BCUT2D eigenvalue weighted by Gasteiger charge is 2.11. The number of rotatable bonds is 5. The Bertz CT molecular complexity index is 443. The molecular weight excluding hydrogens is 220 g/mol. The molecule has 0 radical (unpaired) electrons. The zero-order valence-electron chi connectivity index (χ0n) is 9.70. The van der Waals surface area contributed by atoms with Crippen LogP contribution in [0.15, 0.2) is 41.7 Å². The summed E-state index contributed by atoms with van der Waals surface area (Å²) in [5, 5.41) is 12.6. The largest absolute Gasteiger partial charge is 0.478 e. The van der Waals surface area contributed by atoms with Gasteiger partial charge >= 0.3 is 5.97 Å². The van der Waals surface area contributed by atoms with E-state index in [0.717, 1.165) is 11.6 Å². The van der Waals surface area contributed by atoms with Gasteiger partial charge in [0.2, 0.25) is 0 Å². The lowest BCUT2D eigenvalue weighted by atomic mass is 9.98. The molecule has 1 aromatic rings. The molecule has 5 nitrogen and oxygen atoms in total. The summed E-state index contributed by atoms with van der Waals surface area (Å²) >= 11 is 0. The van der Waals surface area contributed by atoms with Crippen molar-refractivity contribution in [1.82, 2.24) is 0 Å². The fourth-order valence-corrected chi connectivity index (χ4v) is 1.54. The molecule has 0 fully saturated rings. The van der Waals surface area contributed by atoms with E-state index in [2.05, 4.69) is 5.29 Å². The summed E-state index contributed by atoms with van der Waals surface area (Å²) in [4.78, 5) is 21.0. The van der Waals surface area contributed by atoms with Gasteiger partial charge in [-0.2, -0.15) is 0 Å². The third kappa shape index (κ3) is 3.41. The Hall–Kier alpha value is -2.17. The van der Waals surface area contributed by atoms with Gasteiger partial charge in [-0.25, -0.2) is 9.80 Å². The van der Waals surface area contributed by atoms with Crippen LogP contribution in [0.2, 0.25) is 0 Å². The number of carboxylic acids is 1. The van der Waals surface area contributed by atoms with E-state index in [0.29, 0.717) is 5.69 Å². The quantitative estimate of drug-likeness (QED) is 0.483. The highest BCUT2D eigenvalue weighted by Crippen LogP contribution is 2.27. The van der Waals surface area contributed by atoms with E-state index in [1.807, 2.05) is 19.1 Å². The number of allylic oxidation sites excluding steroid dienone is 1. The number of carboxylic acid groups (broad SMARTS) is 1. The standard InChI is InChI=1S/C12H14N2O3/c1-9(7-8-12(15)16)10-5-3-4-6-11(10)14(2)13-17/h3-9H,1-2H3,(H,15,16)/b8-7+. The number of hydrogen-bond donors (Lipinski definition) is 1. The topological polar surface area (TPSA) is 70.0 Å². The van der Waals surface area contributed by atoms with E-state index in [4.69, 9.17) is 5.11 Å². The molecule has 0 aliphatic rings. The molecule has 0 spiro atoms. The molecule has 0 saturated carbocycles. The highest BCUT2D eigenvalue weighted by molar-refractivity contribution is 5.80. The van der Waals surface area contributed by atoms with Crippen LogP contribution in [-0.4, -0.2) is 18.1 Å². The van der Waals surface area contributed by atoms with Crippen molar-refractivity contribution >= 4 is 11.7 Å². The van der Waals surface area contributed by atoms with E-state index in [-0.39, 0.29) is 5.92 Å². The third-order valence-electron chi connectivity index (χ3n) is 2.43. The molecule has 0 saturated heterocycles. The second kappa shape index (κ2) is 5.79. The lowest BCUT2D eigenvalue weighted by Crippen LogP contribution is -2.10. The molecule has 17 heavy (non-hydrogen) atoms. The normalized spacial score (nSPS) is 12.4. The van der Waals surface area contributed by atoms with Crippen LogP contribution >= 0.6 is 0 Å². The van der Waals surface area contributed by atoms with Crippen molar-refractivity contribution in [2.45, 2.75) is 12.8 Å². The van der Waals surface area contributed by atoms with Gasteiger partial charge in [0.05, 0.1) is 11.0 Å². The first-order chi connectivity index (χ1) is 8.06. The van der Waals surface area contributed by atoms with E-state index < -0.39 is 5.97 Å². The molecule has 0 aliphatic heterocycles. The maximum atomic E-state index is 10.5. The molecular formula is C12H14N2O3. The van der Waals surface area contributed by atoms with Crippen LogP contribution in [0.25, 0.3) is 0 Å². The molecule has 1 aromatic carbocycles. The van der Waals surface area contributed by atoms with Crippen molar-refractivity contribution in [2.75, 3.05) is 12.1 Å². The SMILES string of the molecule is CC(/C=C/C(=O)O)c1ccccc1N(C)N=O. The van der Waals surface area contributed by atoms with Crippen molar-refractivity contribution in [1.29, 1.82) is 0 Å². The van der Waals surface area contributed by atoms with Crippen molar-refractivity contribution in [2.24, 2.45) is 5.29 Å². The Kier molecular flexibility index (Phi) is 4.39. The molecule has 5 heteroatoms. The van der Waals surface area contributed by atoms with E-state index in [9.17, 15) is 9.70 Å². The van der Waals surface area contributed by atoms with Crippen LogP contribution in [0.1, 0.15) is 18.4 Å². The molecule has 1 atom stereocenters. The minimum Gasteiger partial charge on any atom is -0.478 e. The lowest BCUT2D eigenvalue weighted by molar-refractivity contribution is -0.131. The van der Waals surface area contributed by atoms with Crippen molar-refractivity contribution in [3.63, 3.8) is 0 Å². The smallest absolute Gasteiger partial charge is 0.327 e. The van der Waals surface area contributed by atoms with E-state index in [1.165, 1.54) is 5.01 Å². The van der Waals surface area contributed by atoms with E-state index in [1.54, 1.807) is 25.3 Å². The van der Waals surface area contributed by atoms with Crippen molar-refractivity contribution in [3.8, 4) is 0 Å². The van der Waals surface area contributed by atoms with Crippen LogP contribution in [0.4, 0.5) is 5.69 Å². The summed E-state index contributed by atoms with van der Waals surface area (Å²) in [6.07, 6.45) is 2.66. The van der Waals surface area contributed by atoms with Gasteiger partial charge in [0.15, 0.2) is 0 Å². The minimum absolute atomic E-state index is 0.105. The molecule has 1 unspecified atom stereocenters. The molecule has 90 valence electrons. The van der Waals surface area contributed by atoms with E-state index >= 15 is 0 Å². The van der Waals surface area contributed by atoms with Gasteiger partial charge in [-0.1, -0.05) is 31.2 Å². The summed E-state index contributed by atoms with van der Waals surface area (Å²) < 4.78 is 0. The Labute approximate surface area is 99.3 Å². The third-order valence-corrected chi connectivity index (χ3v) is 2.43. The predicted molar refractivity (Wildman–Crippen MR) is 65.8 cm³/mol. The molecule has 0 amide bonds. The minimum atomic E-state index is -0.990. The number of para-hydroxylation sites is 1. The predicted octanol–water partition coefficient (Wildman–Crippen LogP) is 2.55. The van der Waals surface area contributed by atoms with Crippen LogP contribution in [0.3, 0.4) is 0 Å². The molecule has 1 N–H and O–H groups in total. The van der Waals surface area contributed by atoms with Crippen LogP contribution in [0, 0.1) is 4.91 Å². The average molecular weight is 234 g/mol. The van der Waals surface area contributed by atoms with Crippen LogP contribution < -0.4 is 5.01 Å². The molecule has 0 aromatic heterocycles. The summed E-state index contributed by atoms with van der Waals surface area (Å²) in [6.45, 7) is 1.86. The Balaban J connectivity index is 3.04. The second-order valence-electron chi connectivity index (χ2n) is 3.65. The molecule has 0 aliphatic carbocycles. The Morgan fingerprint density at radius 1 is 1.47 bits per heavy atom. The lowest BCUT2D eigenvalue weighted by Gasteiger charge is -2.16. The first kappa shape index (κ1) is 12.9. The highest BCUT2D eigenvalue weighted by atomic mass is 16.4. The van der Waals surface area contributed by atoms with Crippen LogP contribution in [0.5, 0.6) is 0 Å². The fraction of sp³-hybridized carbons (Fsp3) is 0.250. The second-order valence-corrected chi connectivity index (χ2v) is 3.65. The fourth-order valence-electron chi connectivity index (χ4n) is 1.54. The van der Waals surface area contributed by atoms with Crippen molar-refractivity contribution in [3.05, 3.63) is 46.9 Å². The maximum Gasteiger partial charge on any atom is 0.327 e. The van der Waals surface area contributed by atoms with Gasteiger partial charge in [0, 0.05) is 19.0 Å². The van der Waals surface area contributed by atoms with Gasteiger partial charge in [-0.05, 0) is 11.6 Å². The number of carbonyl (C=O) groups is 1.